The zero-order valence-corrected chi connectivity index (χ0v) is 6.17. The molecule has 0 fully saturated rings. The van der Waals surface area contributed by atoms with Crippen molar-refractivity contribution in [1.29, 1.82) is 0 Å². The maximum Gasteiger partial charge on any atom is 0.328 e. The number of nitrogens with zero attached hydrogens (tertiary/aromatic N) is 1. The third-order valence-corrected chi connectivity index (χ3v) is 1.40. The highest BCUT2D eigenvalue weighted by Crippen LogP contribution is 2.11. The molecular formula is C6H6F2N2O2. The third-order valence-electron chi connectivity index (χ3n) is 1.40. The standard InChI is InChI=1S/C6H6F2N2O2/c1-10-4(11)2-3(5(7)8)9-6(10)12/h2,5H,1H3,(H,9,12). The van der Waals surface area contributed by atoms with Crippen LogP contribution in [0, 0.1) is 0 Å². The Morgan fingerprint density at radius 3 is 2.50 bits per heavy atom. The third kappa shape index (κ3) is 1.41. The van der Waals surface area contributed by atoms with E-state index in [1.807, 2.05) is 4.98 Å². The van der Waals surface area contributed by atoms with E-state index in [1.54, 1.807) is 0 Å². The van der Waals surface area contributed by atoms with Gasteiger partial charge in [0.2, 0.25) is 0 Å². The average molecular weight is 176 g/mol. The van der Waals surface area contributed by atoms with Gasteiger partial charge in [-0.1, -0.05) is 0 Å². The lowest BCUT2D eigenvalue weighted by Crippen LogP contribution is -2.32. The zero-order chi connectivity index (χ0) is 9.30. The van der Waals surface area contributed by atoms with E-state index in [-0.39, 0.29) is 0 Å². The van der Waals surface area contributed by atoms with Crippen molar-refractivity contribution in [2.24, 2.45) is 7.05 Å². The fourth-order valence-electron chi connectivity index (χ4n) is 0.691. The maximum atomic E-state index is 11.9. The van der Waals surface area contributed by atoms with Crippen LogP contribution in [-0.2, 0) is 7.05 Å². The number of hydrogen-bond acceptors (Lipinski definition) is 2. The first-order chi connectivity index (χ1) is 5.52. The molecule has 0 saturated heterocycles. The van der Waals surface area contributed by atoms with Gasteiger partial charge in [0.1, 0.15) is 0 Å². The summed E-state index contributed by atoms with van der Waals surface area (Å²) in [5, 5.41) is 0. The summed E-state index contributed by atoms with van der Waals surface area (Å²) < 4.78 is 24.6. The highest BCUT2D eigenvalue weighted by atomic mass is 19.3. The Morgan fingerprint density at radius 2 is 2.08 bits per heavy atom. The van der Waals surface area contributed by atoms with Gasteiger partial charge in [0.25, 0.3) is 12.0 Å². The van der Waals surface area contributed by atoms with E-state index in [2.05, 4.69) is 0 Å². The molecule has 1 rings (SSSR count). The van der Waals surface area contributed by atoms with Crippen LogP contribution in [0.1, 0.15) is 12.1 Å². The monoisotopic (exact) mass is 176 g/mol. The molecular weight excluding hydrogens is 170 g/mol. The molecule has 0 radical (unpaired) electrons. The second kappa shape index (κ2) is 2.88. The summed E-state index contributed by atoms with van der Waals surface area (Å²) in [5.74, 6) is 0. The number of rotatable bonds is 1. The van der Waals surface area contributed by atoms with Gasteiger partial charge >= 0.3 is 5.69 Å². The number of H-pyrrole nitrogens is 1. The van der Waals surface area contributed by atoms with Gasteiger partial charge in [-0.3, -0.25) is 9.36 Å². The molecule has 0 aliphatic carbocycles. The van der Waals surface area contributed by atoms with Crippen molar-refractivity contribution in [3.8, 4) is 0 Å². The second-order valence-corrected chi connectivity index (χ2v) is 2.23. The number of nitrogens with one attached hydrogen (secondary N) is 1. The zero-order valence-electron chi connectivity index (χ0n) is 6.17. The maximum absolute atomic E-state index is 11.9. The summed E-state index contributed by atoms with van der Waals surface area (Å²) in [6, 6.07) is 0.700. The number of alkyl halides is 2. The summed E-state index contributed by atoms with van der Waals surface area (Å²) in [6.07, 6.45) is -2.83. The van der Waals surface area contributed by atoms with Crippen molar-refractivity contribution in [1.82, 2.24) is 9.55 Å². The largest absolute Gasteiger partial charge is 0.328 e. The highest BCUT2D eigenvalue weighted by molar-refractivity contribution is 5.00. The van der Waals surface area contributed by atoms with Crippen LogP contribution in [-0.4, -0.2) is 9.55 Å². The molecule has 66 valence electrons. The quantitative estimate of drug-likeness (QED) is 0.655. The Balaban J connectivity index is 3.42. The first-order valence-corrected chi connectivity index (χ1v) is 3.11. The Hall–Kier alpha value is -1.46. The Kier molecular flexibility index (Phi) is 2.07. The van der Waals surface area contributed by atoms with Gasteiger partial charge in [-0.25, -0.2) is 13.6 Å². The Labute approximate surface area is 65.5 Å². The molecule has 0 amide bonds. The van der Waals surface area contributed by atoms with Crippen LogP contribution in [0.4, 0.5) is 8.78 Å². The fourth-order valence-corrected chi connectivity index (χ4v) is 0.691. The summed E-state index contributed by atoms with van der Waals surface area (Å²) >= 11 is 0. The molecule has 0 aliphatic rings. The second-order valence-electron chi connectivity index (χ2n) is 2.23. The van der Waals surface area contributed by atoms with Crippen LogP contribution < -0.4 is 11.2 Å². The Morgan fingerprint density at radius 1 is 1.50 bits per heavy atom. The minimum atomic E-state index is -2.83. The van der Waals surface area contributed by atoms with E-state index < -0.39 is 23.4 Å². The number of aromatic amines is 1. The van der Waals surface area contributed by atoms with E-state index in [0.717, 1.165) is 0 Å². The van der Waals surface area contributed by atoms with Gasteiger partial charge in [-0.05, 0) is 0 Å². The molecule has 0 aromatic carbocycles. The molecule has 0 unspecified atom stereocenters. The lowest BCUT2D eigenvalue weighted by atomic mass is 10.4. The number of hydrogen-bond donors (Lipinski definition) is 1. The first kappa shape index (κ1) is 8.63. The van der Waals surface area contributed by atoms with Crippen LogP contribution in [0.5, 0.6) is 0 Å². The van der Waals surface area contributed by atoms with Crippen LogP contribution >= 0.6 is 0 Å². The molecule has 0 aliphatic heterocycles. The Bertz CT molecular complexity index is 362. The van der Waals surface area contributed by atoms with Crippen LogP contribution in [0.3, 0.4) is 0 Å². The number of aromatic nitrogens is 2. The van der Waals surface area contributed by atoms with Crippen molar-refractivity contribution in [3.63, 3.8) is 0 Å². The average Bonchev–Trinajstić information content (AvgIpc) is 1.99. The van der Waals surface area contributed by atoms with Crippen LogP contribution in [0.15, 0.2) is 15.7 Å². The lowest BCUT2D eigenvalue weighted by molar-refractivity contribution is 0.145. The fraction of sp³-hybridized carbons (Fsp3) is 0.333. The summed E-state index contributed by atoms with van der Waals surface area (Å²) in [4.78, 5) is 23.4. The van der Waals surface area contributed by atoms with Crippen LogP contribution in [0.2, 0.25) is 0 Å². The van der Waals surface area contributed by atoms with Crippen molar-refractivity contribution >= 4 is 0 Å². The van der Waals surface area contributed by atoms with E-state index in [1.165, 1.54) is 7.05 Å². The van der Waals surface area contributed by atoms with Gasteiger partial charge < -0.3 is 4.98 Å². The van der Waals surface area contributed by atoms with Gasteiger partial charge in [-0.15, -0.1) is 0 Å². The highest BCUT2D eigenvalue weighted by Gasteiger charge is 2.09. The summed E-state index contributed by atoms with van der Waals surface area (Å²) in [7, 11) is 1.20. The normalized spacial score (nSPS) is 10.7. The molecule has 0 spiro atoms. The van der Waals surface area contributed by atoms with Gasteiger partial charge in [-0.2, -0.15) is 0 Å². The van der Waals surface area contributed by atoms with Gasteiger partial charge in [0, 0.05) is 13.1 Å². The molecule has 0 atom stereocenters. The van der Waals surface area contributed by atoms with E-state index in [4.69, 9.17) is 0 Å². The van der Waals surface area contributed by atoms with Crippen molar-refractivity contribution in [2.75, 3.05) is 0 Å². The van der Waals surface area contributed by atoms with E-state index in [0.29, 0.717) is 10.6 Å². The minimum Gasteiger partial charge on any atom is -0.306 e. The molecule has 1 N–H and O–H groups in total. The SMILES string of the molecule is Cn1c(=O)cc(C(F)F)[nH]c1=O. The molecule has 6 heteroatoms. The lowest BCUT2D eigenvalue weighted by Gasteiger charge is -1.99. The van der Waals surface area contributed by atoms with Crippen molar-refractivity contribution in [2.45, 2.75) is 6.43 Å². The topological polar surface area (TPSA) is 54.9 Å². The molecule has 4 nitrogen and oxygen atoms in total. The van der Waals surface area contributed by atoms with Crippen LogP contribution in [0.25, 0.3) is 0 Å². The van der Waals surface area contributed by atoms with E-state index in [9.17, 15) is 18.4 Å². The molecule has 0 saturated carbocycles. The molecule has 1 aromatic heterocycles. The minimum absolute atomic E-state index is 0.650. The summed E-state index contributed by atoms with van der Waals surface area (Å²) in [5.41, 5.74) is -2.23. The molecule has 1 heterocycles. The van der Waals surface area contributed by atoms with Crippen molar-refractivity contribution in [3.05, 3.63) is 32.6 Å². The first-order valence-electron chi connectivity index (χ1n) is 3.11. The molecule has 0 bridgehead atoms. The number of halogens is 2. The molecule has 12 heavy (non-hydrogen) atoms. The van der Waals surface area contributed by atoms with Gasteiger partial charge in [0.05, 0.1) is 5.69 Å². The van der Waals surface area contributed by atoms with Crippen molar-refractivity contribution < 1.29 is 8.78 Å². The smallest absolute Gasteiger partial charge is 0.306 e. The predicted octanol–water partition coefficient (Wildman–Crippen LogP) is 0.0112. The molecule has 1 aromatic rings. The van der Waals surface area contributed by atoms with Gasteiger partial charge in [0.15, 0.2) is 0 Å². The van der Waals surface area contributed by atoms with E-state index >= 15 is 0 Å². The summed E-state index contributed by atoms with van der Waals surface area (Å²) in [6.45, 7) is 0. The predicted molar refractivity (Wildman–Crippen MR) is 37.3 cm³/mol.